The van der Waals surface area contributed by atoms with Crippen LogP contribution in [0.1, 0.15) is 64.7 Å². The first-order chi connectivity index (χ1) is 14.2. The van der Waals surface area contributed by atoms with Crippen molar-refractivity contribution in [3.05, 3.63) is 58.7 Å². The maximum Gasteiger partial charge on any atom is 0.0553 e. The molecular formula is C28H51ClN2O3. The van der Waals surface area contributed by atoms with Crippen LogP contribution in [0.2, 0.25) is 0 Å². The van der Waals surface area contributed by atoms with E-state index in [1.54, 1.807) is 0 Å². The van der Waals surface area contributed by atoms with E-state index in [0.717, 1.165) is 26.1 Å². The number of allylic oxidation sites excluding steroid dienone is 4. The fourth-order valence-electron chi connectivity index (χ4n) is 5.26. The second kappa shape index (κ2) is 15.0. The Kier molecular flexibility index (Phi) is 15.4. The maximum absolute atomic E-state index is 6.25. The highest BCUT2D eigenvalue weighted by atomic mass is 35.5. The number of piperidine rings is 1. The molecular weight excluding hydrogens is 448 g/mol. The van der Waals surface area contributed by atoms with Crippen molar-refractivity contribution in [2.45, 2.75) is 79.8 Å². The molecule has 0 spiro atoms. The van der Waals surface area contributed by atoms with Gasteiger partial charge in [-0.15, -0.1) is 11.6 Å². The number of aryl methyl sites for hydroxylation is 2. The molecule has 198 valence electrons. The molecule has 0 amide bonds. The molecule has 0 saturated carbocycles. The summed E-state index contributed by atoms with van der Waals surface area (Å²) in [6.45, 7) is 18.4. The van der Waals surface area contributed by atoms with Crippen molar-refractivity contribution in [3.63, 3.8) is 0 Å². The van der Waals surface area contributed by atoms with Gasteiger partial charge in [0.2, 0.25) is 0 Å². The van der Waals surface area contributed by atoms with Crippen molar-refractivity contribution in [2.75, 3.05) is 19.6 Å². The van der Waals surface area contributed by atoms with E-state index in [1.807, 2.05) is 0 Å². The van der Waals surface area contributed by atoms with Gasteiger partial charge in [-0.2, -0.15) is 0 Å². The Hall–Kier alpha value is -1.21. The van der Waals surface area contributed by atoms with Crippen LogP contribution < -0.4 is 5.32 Å². The molecule has 1 saturated heterocycles. The van der Waals surface area contributed by atoms with Gasteiger partial charge in [-0.1, -0.05) is 71.5 Å². The van der Waals surface area contributed by atoms with Crippen LogP contribution in [0.4, 0.5) is 0 Å². The monoisotopic (exact) mass is 498 g/mol. The fraction of sp³-hybridized carbons (Fsp3) is 0.643. The quantitative estimate of drug-likeness (QED) is 0.561. The molecule has 1 heterocycles. The Bertz CT molecular complexity index is 772. The summed E-state index contributed by atoms with van der Waals surface area (Å²) in [5.41, 5.74) is 6.02. The molecule has 34 heavy (non-hydrogen) atoms. The molecule has 1 aliphatic heterocycles. The van der Waals surface area contributed by atoms with Crippen molar-refractivity contribution in [3.8, 4) is 0 Å². The number of nitrogens with one attached hydrogen (secondary N) is 1. The molecule has 5 nitrogen and oxygen atoms in total. The lowest BCUT2D eigenvalue weighted by atomic mass is 9.69. The van der Waals surface area contributed by atoms with Crippen LogP contribution in [0, 0.1) is 31.1 Å². The van der Waals surface area contributed by atoms with Gasteiger partial charge in [-0.3, -0.25) is 0 Å². The lowest BCUT2D eigenvalue weighted by Crippen LogP contribution is -2.51. The van der Waals surface area contributed by atoms with E-state index < -0.39 is 0 Å². The lowest BCUT2D eigenvalue weighted by Gasteiger charge is -2.46. The molecule has 1 aromatic rings. The molecule has 0 aromatic heterocycles. The van der Waals surface area contributed by atoms with Crippen molar-refractivity contribution < 1.29 is 16.4 Å². The van der Waals surface area contributed by atoms with E-state index in [1.165, 1.54) is 35.2 Å². The van der Waals surface area contributed by atoms with Gasteiger partial charge >= 0.3 is 0 Å². The van der Waals surface area contributed by atoms with Crippen LogP contribution in [0.15, 0.2) is 42.0 Å². The minimum Gasteiger partial charge on any atom is -0.412 e. The third-order valence-electron chi connectivity index (χ3n) is 7.23. The first-order valence-corrected chi connectivity index (χ1v) is 12.1. The second-order valence-corrected chi connectivity index (χ2v) is 11.0. The predicted octanol–water partition coefficient (Wildman–Crippen LogP) is 4.42. The number of alkyl halides is 1. The molecule has 1 fully saturated rings. The van der Waals surface area contributed by atoms with Crippen molar-refractivity contribution >= 4 is 11.6 Å². The Balaban J connectivity index is 0. The number of hydrogen-bond acceptors (Lipinski definition) is 2. The Morgan fingerprint density at radius 3 is 2.24 bits per heavy atom. The van der Waals surface area contributed by atoms with E-state index in [4.69, 9.17) is 11.6 Å². The summed E-state index contributed by atoms with van der Waals surface area (Å²) in [7, 11) is 0. The van der Waals surface area contributed by atoms with Crippen LogP contribution in [-0.4, -0.2) is 52.4 Å². The number of benzene rings is 1. The lowest BCUT2D eigenvalue weighted by molar-refractivity contribution is 0.0630. The minimum absolute atomic E-state index is 0. The minimum atomic E-state index is 0. The molecule has 1 aliphatic carbocycles. The Labute approximate surface area is 213 Å². The number of nitrogens with zero attached hydrogens (tertiary/aromatic N) is 1. The Morgan fingerprint density at radius 2 is 1.74 bits per heavy atom. The summed E-state index contributed by atoms with van der Waals surface area (Å²) in [6, 6.07) is 7.11. The molecule has 1 unspecified atom stereocenters. The molecule has 0 bridgehead atoms. The summed E-state index contributed by atoms with van der Waals surface area (Å²) in [6.07, 6.45) is 9.04. The normalized spacial score (nSPS) is 22.4. The molecule has 1 aromatic carbocycles. The maximum atomic E-state index is 6.25. The molecule has 2 aliphatic rings. The fourth-order valence-corrected chi connectivity index (χ4v) is 5.42. The summed E-state index contributed by atoms with van der Waals surface area (Å²) in [5, 5.41) is 4.07. The largest absolute Gasteiger partial charge is 0.412 e. The van der Waals surface area contributed by atoms with Crippen LogP contribution >= 0.6 is 11.6 Å². The zero-order valence-electron chi connectivity index (χ0n) is 21.3. The average Bonchev–Trinajstić information content (AvgIpc) is 2.67. The molecule has 6 heteroatoms. The molecule has 0 radical (unpaired) electrons. The topological polar surface area (TPSA) is 110 Å². The highest BCUT2D eigenvalue weighted by molar-refractivity contribution is 6.22. The first-order valence-electron chi connectivity index (χ1n) is 11.7. The molecule has 3 rings (SSSR count). The Morgan fingerprint density at radius 1 is 1.12 bits per heavy atom. The van der Waals surface area contributed by atoms with Gasteiger partial charge in [0.05, 0.1) is 5.38 Å². The van der Waals surface area contributed by atoms with Crippen LogP contribution in [-0.2, 0) is 6.54 Å². The van der Waals surface area contributed by atoms with E-state index in [9.17, 15) is 0 Å². The van der Waals surface area contributed by atoms with E-state index in [-0.39, 0.29) is 34.6 Å². The SMILES string of the molecule is C.Cc1cccc(C)c1CN[C@@H](CN1CC[C@H](C2=CCC(Cl)C=C2)C(C)(C)C1)C(C)C.O.O.O. The van der Waals surface area contributed by atoms with Gasteiger partial charge in [-0.25, -0.2) is 0 Å². The third kappa shape index (κ3) is 8.78. The van der Waals surface area contributed by atoms with Gasteiger partial charge < -0.3 is 26.6 Å². The van der Waals surface area contributed by atoms with E-state index >= 15 is 0 Å². The van der Waals surface area contributed by atoms with Crippen LogP contribution in [0.5, 0.6) is 0 Å². The molecule has 3 atom stereocenters. The van der Waals surface area contributed by atoms with E-state index in [2.05, 4.69) is 88.2 Å². The first kappa shape index (κ1) is 35.0. The van der Waals surface area contributed by atoms with Gasteiger partial charge in [-0.05, 0) is 72.7 Å². The van der Waals surface area contributed by atoms with Crippen LogP contribution in [0.25, 0.3) is 0 Å². The number of rotatable bonds is 7. The van der Waals surface area contributed by atoms with Gasteiger partial charge in [0, 0.05) is 25.7 Å². The highest BCUT2D eigenvalue weighted by Gasteiger charge is 2.38. The number of halogens is 1. The zero-order valence-corrected chi connectivity index (χ0v) is 22.1. The summed E-state index contributed by atoms with van der Waals surface area (Å²) in [4.78, 5) is 2.69. The predicted molar refractivity (Wildman–Crippen MR) is 149 cm³/mol. The smallest absolute Gasteiger partial charge is 0.0553 e. The van der Waals surface area contributed by atoms with Crippen molar-refractivity contribution in [2.24, 2.45) is 17.3 Å². The summed E-state index contributed by atoms with van der Waals surface area (Å²) >= 11 is 6.25. The summed E-state index contributed by atoms with van der Waals surface area (Å²) < 4.78 is 0. The molecule has 7 N–H and O–H groups in total. The van der Waals surface area contributed by atoms with Crippen LogP contribution in [0.3, 0.4) is 0 Å². The highest BCUT2D eigenvalue weighted by Crippen LogP contribution is 2.41. The zero-order chi connectivity index (χ0) is 21.9. The van der Waals surface area contributed by atoms with Crippen molar-refractivity contribution in [1.82, 2.24) is 10.2 Å². The third-order valence-corrected chi connectivity index (χ3v) is 7.56. The average molecular weight is 499 g/mol. The summed E-state index contributed by atoms with van der Waals surface area (Å²) in [5.74, 6) is 1.24. The second-order valence-electron chi connectivity index (χ2n) is 10.5. The standard InChI is InChI=1S/C27H41ClN2.CH4.3H2O/c1-19(2)26(29-16-24-20(3)8-7-9-21(24)4)17-30-15-14-25(27(5,6)18-30)22-10-12-23(28)13-11-22;;;;/h7-12,19,23,25-26,29H,13-18H2,1-6H3;1H4;3*1H2/t23?,25-,26+;;;;/m1..../s1. The van der Waals surface area contributed by atoms with E-state index in [0.29, 0.717) is 17.9 Å². The number of likely N-dealkylation sites (tertiary alicyclic amines) is 1. The number of hydrogen-bond donors (Lipinski definition) is 1. The van der Waals surface area contributed by atoms with Gasteiger partial charge in [0.1, 0.15) is 0 Å². The van der Waals surface area contributed by atoms with Crippen molar-refractivity contribution in [1.29, 1.82) is 0 Å². The van der Waals surface area contributed by atoms with Gasteiger partial charge in [0.25, 0.3) is 0 Å². The van der Waals surface area contributed by atoms with Gasteiger partial charge in [0.15, 0.2) is 0 Å².